The van der Waals surface area contributed by atoms with Crippen LogP contribution in [0.15, 0.2) is 0 Å². The zero-order valence-electron chi connectivity index (χ0n) is 5.55. The maximum absolute atomic E-state index is 2.49. The van der Waals surface area contributed by atoms with Gasteiger partial charge in [0.05, 0.1) is 0 Å². The molecule has 2 heteroatoms. The highest BCUT2D eigenvalue weighted by Crippen LogP contribution is 2.18. The molecule has 0 aromatic heterocycles. The molecule has 1 saturated heterocycles. The summed E-state index contributed by atoms with van der Waals surface area (Å²) >= 11 is 2.04. The number of thioether (sulfide) groups is 1. The van der Waals surface area contributed by atoms with Crippen molar-refractivity contribution in [3.8, 4) is 0 Å². The minimum absolute atomic E-state index is 0.824. The van der Waals surface area contributed by atoms with E-state index in [9.17, 15) is 0 Å². The predicted octanol–water partition coefficient (Wildman–Crippen LogP) is 1.40. The number of hydrogen-bond donors (Lipinski definition) is 0. The molecule has 48 valence electrons. The van der Waals surface area contributed by atoms with Gasteiger partial charge in [-0.2, -0.15) is 0 Å². The van der Waals surface area contributed by atoms with Crippen LogP contribution >= 0.6 is 11.8 Å². The summed E-state index contributed by atoms with van der Waals surface area (Å²) in [5, 5.41) is 0. The van der Waals surface area contributed by atoms with E-state index in [2.05, 4.69) is 18.7 Å². The summed E-state index contributed by atoms with van der Waals surface area (Å²) in [5.41, 5.74) is 0. The first-order valence-corrected chi connectivity index (χ1v) is 4.32. The minimum atomic E-state index is 0.824. The molecule has 0 aromatic rings. The summed E-state index contributed by atoms with van der Waals surface area (Å²) in [6.07, 6.45) is 0. The van der Waals surface area contributed by atoms with Gasteiger partial charge in [0.1, 0.15) is 0 Å². The molecule has 0 amide bonds. The third kappa shape index (κ3) is 1.17. The Bertz CT molecular complexity index is 74.9. The van der Waals surface area contributed by atoms with E-state index in [0.29, 0.717) is 0 Å². The Labute approximate surface area is 55.4 Å². The Hall–Kier alpha value is 0.310. The van der Waals surface area contributed by atoms with Gasteiger partial charge in [-0.05, 0) is 13.5 Å². The lowest BCUT2D eigenvalue weighted by Crippen LogP contribution is -2.27. The summed E-state index contributed by atoms with van der Waals surface area (Å²) in [4.78, 5) is 2.49. The summed E-state index contributed by atoms with van der Waals surface area (Å²) in [5.74, 6) is 2.57. The Morgan fingerprint density at radius 2 is 2.50 bits per heavy atom. The summed E-state index contributed by atoms with van der Waals surface area (Å²) in [6.45, 7) is 5.74. The molecule has 0 radical (unpaired) electrons. The van der Waals surface area contributed by atoms with Gasteiger partial charge < -0.3 is 0 Å². The normalized spacial score (nSPS) is 31.5. The van der Waals surface area contributed by atoms with Gasteiger partial charge >= 0.3 is 0 Å². The van der Waals surface area contributed by atoms with Crippen LogP contribution in [-0.2, 0) is 0 Å². The summed E-state index contributed by atoms with van der Waals surface area (Å²) in [6, 6.07) is 0.824. The van der Waals surface area contributed by atoms with Crippen LogP contribution in [0, 0.1) is 0 Å². The van der Waals surface area contributed by atoms with Crippen molar-refractivity contribution in [3.05, 3.63) is 0 Å². The number of hydrogen-bond acceptors (Lipinski definition) is 2. The lowest BCUT2D eigenvalue weighted by Gasteiger charge is -2.16. The van der Waals surface area contributed by atoms with Crippen molar-refractivity contribution in [2.75, 3.05) is 18.2 Å². The van der Waals surface area contributed by atoms with Gasteiger partial charge in [0.2, 0.25) is 0 Å². The second kappa shape index (κ2) is 2.74. The minimum Gasteiger partial charge on any atom is -0.291 e. The van der Waals surface area contributed by atoms with Crippen molar-refractivity contribution in [2.45, 2.75) is 19.9 Å². The molecule has 0 aliphatic carbocycles. The second-order valence-electron chi connectivity index (χ2n) is 2.25. The van der Waals surface area contributed by atoms with E-state index < -0.39 is 0 Å². The van der Waals surface area contributed by atoms with Crippen LogP contribution in [0.25, 0.3) is 0 Å². The van der Waals surface area contributed by atoms with E-state index in [4.69, 9.17) is 0 Å². The Balaban J connectivity index is 2.30. The molecule has 0 saturated carbocycles. The van der Waals surface area contributed by atoms with Gasteiger partial charge in [0, 0.05) is 17.7 Å². The van der Waals surface area contributed by atoms with Crippen LogP contribution in [-0.4, -0.2) is 29.1 Å². The zero-order chi connectivity index (χ0) is 5.98. The van der Waals surface area contributed by atoms with Crippen LogP contribution in [0.5, 0.6) is 0 Å². The van der Waals surface area contributed by atoms with E-state index in [0.717, 1.165) is 6.04 Å². The maximum atomic E-state index is 2.49. The molecule has 0 bridgehead atoms. The standard InChI is InChI=1S/C6H13NS/c1-3-7-5-8-4-6(7)2/h6H,3-5H2,1-2H3. The highest BCUT2D eigenvalue weighted by molar-refractivity contribution is 7.99. The molecule has 1 fully saturated rings. The molecular weight excluding hydrogens is 118 g/mol. The third-order valence-corrected chi connectivity index (χ3v) is 2.88. The van der Waals surface area contributed by atoms with Gasteiger partial charge in [0.15, 0.2) is 0 Å². The lowest BCUT2D eigenvalue weighted by molar-refractivity contribution is 0.296. The van der Waals surface area contributed by atoms with Gasteiger partial charge in [0.25, 0.3) is 0 Å². The summed E-state index contributed by atoms with van der Waals surface area (Å²) in [7, 11) is 0. The van der Waals surface area contributed by atoms with E-state index in [-0.39, 0.29) is 0 Å². The topological polar surface area (TPSA) is 3.24 Å². The van der Waals surface area contributed by atoms with Gasteiger partial charge in [-0.3, -0.25) is 4.90 Å². The van der Waals surface area contributed by atoms with E-state index in [1.165, 1.54) is 18.2 Å². The fourth-order valence-electron chi connectivity index (χ4n) is 0.976. The van der Waals surface area contributed by atoms with Crippen molar-refractivity contribution < 1.29 is 0 Å². The SMILES string of the molecule is CCN1CSCC1C. The molecule has 1 aliphatic rings. The largest absolute Gasteiger partial charge is 0.291 e. The quantitative estimate of drug-likeness (QED) is 0.529. The van der Waals surface area contributed by atoms with Crippen molar-refractivity contribution in [1.29, 1.82) is 0 Å². The maximum Gasteiger partial charge on any atom is 0.0447 e. The number of rotatable bonds is 1. The van der Waals surface area contributed by atoms with Crippen LogP contribution in [0.4, 0.5) is 0 Å². The molecule has 1 heterocycles. The van der Waals surface area contributed by atoms with Gasteiger partial charge in [-0.15, -0.1) is 11.8 Å². The number of nitrogens with zero attached hydrogens (tertiary/aromatic N) is 1. The van der Waals surface area contributed by atoms with Crippen molar-refractivity contribution in [1.82, 2.24) is 4.90 Å². The van der Waals surface area contributed by atoms with Crippen molar-refractivity contribution >= 4 is 11.8 Å². The highest BCUT2D eigenvalue weighted by Gasteiger charge is 2.17. The molecule has 8 heavy (non-hydrogen) atoms. The summed E-state index contributed by atoms with van der Waals surface area (Å²) < 4.78 is 0. The molecule has 0 N–H and O–H groups in total. The first-order chi connectivity index (χ1) is 3.84. The molecule has 1 nitrogen and oxygen atoms in total. The molecule has 0 aromatic carbocycles. The molecule has 1 unspecified atom stereocenters. The smallest absolute Gasteiger partial charge is 0.0447 e. The van der Waals surface area contributed by atoms with Crippen LogP contribution in [0.1, 0.15) is 13.8 Å². The monoisotopic (exact) mass is 131 g/mol. The molecule has 1 aliphatic heterocycles. The second-order valence-corrected chi connectivity index (χ2v) is 3.25. The van der Waals surface area contributed by atoms with E-state index in [1.54, 1.807) is 0 Å². The third-order valence-electron chi connectivity index (χ3n) is 1.65. The molecule has 1 atom stereocenters. The Kier molecular flexibility index (Phi) is 2.20. The lowest BCUT2D eigenvalue weighted by atomic mass is 10.3. The van der Waals surface area contributed by atoms with E-state index in [1.807, 2.05) is 11.8 Å². The Morgan fingerprint density at radius 1 is 1.75 bits per heavy atom. The first kappa shape index (κ1) is 6.43. The van der Waals surface area contributed by atoms with Crippen molar-refractivity contribution in [2.24, 2.45) is 0 Å². The van der Waals surface area contributed by atoms with Crippen molar-refractivity contribution in [3.63, 3.8) is 0 Å². The first-order valence-electron chi connectivity index (χ1n) is 3.16. The van der Waals surface area contributed by atoms with Gasteiger partial charge in [-0.1, -0.05) is 6.92 Å². The van der Waals surface area contributed by atoms with E-state index >= 15 is 0 Å². The Morgan fingerprint density at radius 3 is 2.75 bits per heavy atom. The van der Waals surface area contributed by atoms with Crippen LogP contribution in [0.2, 0.25) is 0 Å². The fraction of sp³-hybridized carbons (Fsp3) is 1.00. The fourth-order valence-corrected chi connectivity index (χ4v) is 2.31. The highest BCUT2D eigenvalue weighted by atomic mass is 32.2. The van der Waals surface area contributed by atoms with Crippen LogP contribution in [0.3, 0.4) is 0 Å². The molecular formula is C6H13NS. The molecule has 0 spiro atoms. The predicted molar refractivity (Wildman–Crippen MR) is 39.2 cm³/mol. The average molecular weight is 131 g/mol. The average Bonchev–Trinajstić information content (AvgIpc) is 2.14. The zero-order valence-corrected chi connectivity index (χ0v) is 6.37. The van der Waals surface area contributed by atoms with Crippen LogP contribution < -0.4 is 0 Å². The van der Waals surface area contributed by atoms with Gasteiger partial charge in [-0.25, -0.2) is 0 Å². The molecule has 1 rings (SSSR count).